The van der Waals surface area contributed by atoms with E-state index < -0.39 is 4.92 Å². The van der Waals surface area contributed by atoms with Crippen LogP contribution in [0.3, 0.4) is 0 Å². The molecule has 0 N–H and O–H groups in total. The standard InChI is InChI=1S/C24H18N2O5/c1-15-20(24(27)17-10-12-18(30-2)13-11-17)21(19-9-6-14-31-19)23(26(28)29)22(25-15)16-7-4-3-5-8-16/h3-14H,1-2H3. The number of carbonyl (C=O) groups is 1. The number of ether oxygens (including phenoxy) is 1. The van der Waals surface area contributed by atoms with Crippen LogP contribution in [0, 0.1) is 17.0 Å². The maximum absolute atomic E-state index is 13.5. The van der Waals surface area contributed by atoms with Gasteiger partial charge in [0.2, 0.25) is 0 Å². The third kappa shape index (κ3) is 3.69. The number of furan rings is 1. The highest BCUT2D eigenvalue weighted by Crippen LogP contribution is 2.42. The van der Waals surface area contributed by atoms with Crippen LogP contribution in [0.4, 0.5) is 5.69 Å². The number of benzene rings is 2. The monoisotopic (exact) mass is 414 g/mol. The largest absolute Gasteiger partial charge is 0.497 e. The molecule has 0 atom stereocenters. The van der Waals surface area contributed by atoms with E-state index in [-0.39, 0.29) is 34.1 Å². The van der Waals surface area contributed by atoms with Crippen LogP contribution in [0.2, 0.25) is 0 Å². The molecule has 0 amide bonds. The fraction of sp³-hybridized carbons (Fsp3) is 0.0833. The van der Waals surface area contributed by atoms with Gasteiger partial charge in [0.1, 0.15) is 22.8 Å². The van der Waals surface area contributed by atoms with Crippen molar-refractivity contribution in [3.8, 4) is 28.3 Å². The van der Waals surface area contributed by atoms with E-state index >= 15 is 0 Å². The van der Waals surface area contributed by atoms with Gasteiger partial charge in [-0.05, 0) is 43.3 Å². The molecule has 154 valence electrons. The molecule has 2 heterocycles. The summed E-state index contributed by atoms with van der Waals surface area (Å²) in [5.74, 6) is 0.441. The number of nitro groups is 1. The Balaban J connectivity index is 2.02. The molecule has 0 unspecified atom stereocenters. The maximum Gasteiger partial charge on any atom is 0.307 e. The summed E-state index contributed by atoms with van der Waals surface area (Å²) in [5.41, 5.74) is 1.46. The first-order valence-electron chi connectivity index (χ1n) is 9.48. The summed E-state index contributed by atoms with van der Waals surface area (Å²) < 4.78 is 10.7. The normalized spacial score (nSPS) is 10.6. The Morgan fingerprint density at radius 3 is 2.32 bits per heavy atom. The van der Waals surface area contributed by atoms with Gasteiger partial charge < -0.3 is 9.15 Å². The van der Waals surface area contributed by atoms with Gasteiger partial charge >= 0.3 is 5.69 Å². The van der Waals surface area contributed by atoms with Crippen molar-refractivity contribution >= 4 is 11.5 Å². The van der Waals surface area contributed by atoms with E-state index in [1.165, 1.54) is 13.4 Å². The van der Waals surface area contributed by atoms with E-state index in [2.05, 4.69) is 4.98 Å². The molecule has 31 heavy (non-hydrogen) atoms. The summed E-state index contributed by atoms with van der Waals surface area (Å²) in [6.07, 6.45) is 1.42. The first kappa shape index (κ1) is 20.0. The van der Waals surface area contributed by atoms with Crippen LogP contribution in [0.1, 0.15) is 21.6 Å². The predicted octanol–water partition coefficient (Wildman–Crippen LogP) is 5.46. The second kappa shape index (κ2) is 8.23. The van der Waals surface area contributed by atoms with Gasteiger partial charge in [0.15, 0.2) is 5.78 Å². The lowest BCUT2D eigenvalue weighted by atomic mass is 9.92. The SMILES string of the molecule is COc1ccc(C(=O)c2c(C)nc(-c3ccccc3)c([N+](=O)[O-])c2-c2ccco2)cc1. The minimum atomic E-state index is -0.516. The van der Waals surface area contributed by atoms with Gasteiger partial charge in [-0.3, -0.25) is 14.9 Å². The van der Waals surface area contributed by atoms with Gasteiger partial charge in [0.25, 0.3) is 0 Å². The summed E-state index contributed by atoms with van der Waals surface area (Å²) in [6.45, 7) is 1.67. The Morgan fingerprint density at radius 2 is 1.74 bits per heavy atom. The number of pyridine rings is 1. The van der Waals surface area contributed by atoms with Gasteiger partial charge in [-0.25, -0.2) is 4.98 Å². The second-order valence-corrected chi connectivity index (χ2v) is 6.80. The molecule has 4 aromatic rings. The highest BCUT2D eigenvalue weighted by atomic mass is 16.6. The molecule has 0 saturated carbocycles. The number of carbonyl (C=O) groups excluding carboxylic acids is 1. The van der Waals surface area contributed by atoms with Crippen LogP contribution in [0.15, 0.2) is 77.4 Å². The first-order chi connectivity index (χ1) is 15.0. The van der Waals surface area contributed by atoms with E-state index in [0.717, 1.165) is 0 Å². The van der Waals surface area contributed by atoms with Crippen molar-refractivity contribution in [2.75, 3.05) is 7.11 Å². The summed E-state index contributed by atoms with van der Waals surface area (Å²) >= 11 is 0. The quantitative estimate of drug-likeness (QED) is 0.236. The Kier molecular flexibility index (Phi) is 5.32. The van der Waals surface area contributed by atoms with Crippen LogP contribution in [-0.4, -0.2) is 22.8 Å². The van der Waals surface area contributed by atoms with Crippen molar-refractivity contribution in [2.24, 2.45) is 0 Å². The third-order valence-electron chi connectivity index (χ3n) is 4.93. The number of rotatable bonds is 6. The van der Waals surface area contributed by atoms with E-state index in [1.54, 1.807) is 67.6 Å². The van der Waals surface area contributed by atoms with Crippen LogP contribution in [-0.2, 0) is 0 Å². The van der Waals surface area contributed by atoms with Crippen molar-refractivity contribution in [2.45, 2.75) is 6.92 Å². The molecule has 0 saturated heterocycles. The summed E-state index contributed by atoms with van der Waals surface area (Å²) in [5, 5.41) is 12.2. The number of methoxy groups -OCH3 is 1. The van der Waals surface area contributed by atoms with Gasteiger partial charge in [0, 0.05) is 11.1 Å². The number of hydrogen-bond donors (Lipinski definition) is 0. The smallest absolute Gasteiger partial charge is 0.307 e. The molecule has 0 aliphatic heterocycles. The van der Waals surface area contributed by atoms with Crippen molar-refractivity contribution in [3.05, 3.63) is 99.9 Å². The predicted molar refractivity (Wildman–Crippen MR) is 115 cm³/mol. The maximum atomic E-state index is 13.5. The summed E-state index contributed by atoms with van der Waals surface area (Å²) in [6, 6.07) is 18.6. The van der Waals surface area contributed by atoms with Crippen LogP contribution in [0.5, 0.6) is 5.75 Å². The van der Waals surface area contributed by atoms with Gasteiger partial charge in [-0.15, -0.1) is 0 Å². The van der Waals surface area contributed by atoms with E-state index in [1.807, 2.05) is 6.07 Å². The topological polar surface area (TPSA) is 95.5 Å². The fourth-order valence-corrected chi connectivity index (χ4v) is 3.49. The van der Waals surface area contributed by atoms with Crippen molar-refractivity contribution < 1.29 is 18.9 Å². The number of aromatic nitrogens is 1. The number of hydrogen-bond acceptors (Lipinski definition) is 6. The molecule has 0 bridgehead atoms. The molecule has 2 aromatic heterocycles. The molecular formula is C24H18N2O5. The molecular weight excluding hydrogens is 396 g/mol. The molecule has 0 radical (unpaired) electrons. The number of ketones is 1. The number of aryl methyl sites for hydroxylation is 1. The zero-order valence-electron chi connectivity index (χ0n) is 16.9. The Morgan fingerprint density at radius 1 is 1.03 bits per heavy atom. The van der Waals surface area contributed by atoms with Gasteiger partial charge in [-0.1, -0.05) is 30.3 Å². The van der Waals surface area contributed by atoms with Gasteiger partial charge in [0.05, 0.1) is 29.6 Å². The van der Waals surface area contributed by atoms with E-state index in [9.17, 15) is 14.9 Å². The third-order valence-corrected chi connectivity index (χ3v) is 4.93. The van der Waals surface area contributed by atoms with Crippen LogP contribution >= 0.6 is 0 Å². The average Bonchev–Trinajstić information content (AvgIpc) is 3.33. The lowest BCUT2D eigenvalue weighted by Gasteiger charge is -2.14. The second-order valence-electron chi connectivity index (χ2n) is 6.80. The highest BCUT2D eigenvalue weighted by molar-refractivity contribution is 6.15. The minimum Gasteiger partial charge on any atom is -0.497 e. The Bertz CT molecular complexity index is 1250. The van der Waals surface area contributed by atoms with Crippen molar-refractivity contribution in [1.82, 2.24) is 4.98 Å². The molecule has 0 aliphatic rings. The van der Waals surface area contributed by atoms with Crippen LogP contribution in [0.25, 0.3) is 22.6 Å². The highest BCUT2D eigenvalue weighted by Gasteiger charge is 2.33. The molecule has 0 spiro atoms. The first-order valence-corrected chi connectivity index (χ1v) is 9.48. The minimum absolute atomic E-state index is 0.113. The lowest BCUT2D eigenvalue weighted by molar-refractivity contribution is -0.383. The molecule has 0 fully saturated rings. The van der Waals surface area contributed by atoms with Crippen molar-refractivity contribution in [3.63, 3.8) is 0 Å². The van der Waals surface area contributed by atoms with Crippen LogP contribution < -0.4 is 4.74 Å². The summed E-state index contributed by atoms with van der Waals surface area (Å²) in [7, 11) is 1.53. The number of nitrogens with zero attached hydrogens (tertiary/aromatic N) is 2. The van der Waals surface area contributed by atoms with Crippen molar-refractivity contribution in [1.29, 1.82) is 0 Å². The molecule has 0 aliphatic carbocycles. The zero-order chi connectivity index (χ0) is 22.0. The fourth-order valence-electron chi connectivity index (χ4n) is 3.49. The Labute approximate surface area is 178 Å². The summed E-state index contributed by atoms with van der Waals surface area (Å²) in [4.78, 5) is 29.6. The Hall–Kier alpha value is -4.26. The van der Waals surface area contributed by atoms with E-state index in [0.29, 0.717) is 22.6 Å². The molecule has 4 rings (SSSR count). The average molecular weight is 414 g/mol. The molecule has 7 heteroatoms. The zero-order valence-corrected chi connectivity index (χ0v) is 16.9. The molecule has 7 nitrogen and oxygen atoms in total. The van der Waals surface area contributed by atoms with E-state index in [4.69, 9.17) is 9.15 Å². The lowest BCUT2D eigenvalue weighted by Crippen LogP contribution is -2.11. The van der Waals surface area contributed by atoms with Gasteiger partial charge in [-0.2, -0.15) is 0 Å². The molecule has 2 aromatic carbocycles.